The van der Waals surface area contributed by atoms with E-state index < -0.39 is 0 Å². The van der Waals surface area contributed by atoms with Crippen molar-refractivity contribution >= 4 is 69.9 Å². The smallest absolute Gasteiger partial charge is 0.155 e. The molecule has 0 aliphatic carbocycles. The van der Waals surface area contributed by atoms with Crippen LogP contribution in [0.2, 0.25) is 0 Å². The van der Waals surface area contributed by atoms with E-state index in [2.05, 4.69) is 101 Å². The van der Waals surface area contributed by atoms with Crippen LogP contribution in [0.5, 0.6) is 0 Å². The van der Waals surface area contributed by atoms with Gasteiger partial charge in [-0.15, -0.1) is 5.59 Å². The SMILES string of the molecule is II.[BH3-]c1c(C)nc2c(C)nc(C)c(C)n12.[B]C1C(C)=NC2=C(C)NC(C)=C(C)N21. The molecule has 0 amide bonds. The highest BCUT2D eigenvalue weighted by Gasteiger charge is 2.31. The minimum Gasteiger partial charge on any atom is -0.358 e. The lowest BCUT2D eigenvalue weighted by atomic mass is 9.91. The molecule has 2 aliphatic rings. The molecule has 2 aliphatic heterocycles. The first-order valence-corrected chi connectivity index (χ1v) is 15.5. The van der Waals surface area contributed by atoms with Crippen molar-refractivity contribution in [1.29, 1.82) is 0 Å². The number of aryl methyl sites for hydroxylation is 4. The number of nitrogens with zero attached hydrogens (tertiary/aromatic N) is 5. The van der Waals surface area contributed by atoms with Crippen LogP contribution in [-0.2, 0) is 0 Å². The fourth-order valence-corrected chi connectivity index (χ4v) is 3.32. The normalized spacial score (nSPS) is 17.8. The highest BCUT2D eigenvalue weighted by molar-refractivity contribution is 15.0. The van der Waals surface area contributed by atoms with Gasteiger partial charge in [-0.25, -0.2) is 9.98 Å². The molecule has 0 bridgehead atoms. The second-order valence-corrected chi connectivity index (χ2v) is 7.19. The molecule has 0 spiro atoms. The third-order valence-electron chi connectivity index (χ3n) is 5.11. The molecule has 160 valence electrons. The van der Waals surface area contributed by atoms with Gasteiger partial charge in [-0.3, -0.25) is 4.98 Å². The highest BCUT2D eigenvalue weighted by atomic mass is 128. The number of hydrogen-bond donors (Lipinski definition) is 1. The molecule has 1 N–H and O–H groups in total. The zero-order valence-corrected chi connectivity index (χ0v) is 22.5. The fraction of sp³-hybridized carbons (Fsp3) is 0.450. The topological polar surface area (TPSA) is 57.8 Å². The summed E-state index contributed by atoms with van der Waals surface area (Å²) in [6.07, 6.45) is 0. The summed E-state index contributed by atoms with van der Waals surface area (Å²) >= 11 is 4.24. The fourth-order valence-electron chi connectivity index (χ4n) is 3.32. The standard InChI is InChI=1S/C10H15BN3.C10H14BN3.I2/c2*1-5-8(4)14-9(11)6(2)13-10(14)7(3)12-5;1-2/h1-4,11H3;9,12H,1-4H3;/q-1;;. The summed E-state index contributed by atoms with van der Waals surface area (Å²) in [7, 11) is 6.22. The van der Waals surface area contributed by atoms with Crippen molar-refractivity contribution in [2.24, 2.45) is 4.99 Å². The van der Waals surface area contributed by atoms with E-state index in [1.807, 2.05) is 20.8 Å². The first kappa shape index (κ1) is 25.2. The molecule has 0 saturated carbocycles. The minimum absolute atomic E-state index is 0.1000. The van der Waals surface area contributed by atoms with E-state index in [9.17, 15) is 0 Å². The molecule has 2 radical (unpaired) electrons. The Labute approximate surface area is 205 Å². The van der Waals surface area contributed by atoms with Crippen molar-refractivity contribution in [3.05, 3.63) is 45.7 Å². The van der Waals surface area contributed by atoms with Crippen LogP contribution in [0, 0.1) is 27.7 Å². The second-order valence-electron chi connectivity index (χ2n) is 7.19. The maximum absolute atomic E-state index is 6.05. The molecule has 2 aromatic rings. The average Bonchev–Trinajstić information content (AvgIpc) is 3.18. The first-order valence-electron chi connectivity index (χ1n) is 9.23. The lowest BCUT2D eigenvalue weighted by Gasteiger charge is -2.32. The number of nitrogens with one attached hydrogen (secondary N) is 1. The summed E-state index contributed by atoms with van der Waals surface area (Å²) in [6, 6.07) is 0. The van der Waals surface area contributed by atoms with E-state index >= 15 is 0 Å². The molecule has 4 rings (SSSR count). The predicted molar refractivity (Wildman–Crippen MR) is 148 cm³/mol. The maximum atomic E-state index is 6.05. The summed E-state index contributed by atoms with van der Waals surface area (Å²) in [6.45, 7) is 16.4. The number of fused-ring (bicyclic) bond motifs is 2. The van der Waals surface area contributed by atoms with Crippen molar-refractivity contribution in [3.63, 3.8) is 0 Å². The Morgan fingerprint density at radius 2 is 1.50 bits per heavy atom. The Hall–Kier alpha value is -1.04. The summed E-state index contributed by atoms with van der Waals surface area (Å²) in [5, 5.41) is 3.30. The lowest BCUT2D eigenvalue weighted by Crippen LogP contribution is -2.38. The van der Waals surface area contributed by atoms with Gasteiger partial charge in [-0.2, -0.15) is 0 Å². The average molecular weight is 629 g/mol. The highest BCUT2D eigenvalue weighted by Crippen LogP contribution is 2.30. The van der Waals surface area contributed by atoms with Gasteiger partial charge in [0.15, 0.2) is 11.5 Å². The van der Waals surface area contributed by atoms with E-state index in [4.69, 9.17) is 7.85 Å². The van der Waals surface area contributed by atoms with E-state index in [0.29, 0.717) is 0 Å². The molecule has 30 heavy (non-hydrogen) atoms. The van der Waals surface area contributed by atoms with Gasteiger partial charge in [0.25, 0.3) is 0 Å². The number of aromatic nitrogens is 3. The number of hydrogen-bond acceptors (Lipinski definition) is 5. The Morgan fingerprint density at radius 1 is 0.900 bits per heavy atom. The molecular weight excluding hydrogens is 600 g/mol. The summed E-state index contributed by atoms with van der Waals surface area (Å²) in [5.41, 5.74) is 11.5. The number of allylic oxidation sites excluding steroid dienone is 3. The van der Waals surface area contributed by atoms with Crippen LogP contribution in [0.25, 0.3) is 5.65 Å². The third kappa shape index (κ3) is 4.58. The molecular formula is C20H29B2I2N6-. The molecule has 1 unspecified atom stereocenters. The molecule has 6 nitrogen and oxygen atoms in total. The Kier molecular flexibility index (Phi) is 8.45. The van der Waals surface area contributed by atoms with E-state index in [-0.39, 0.29) is 13.8 Å². The van der Waals surface area contributed by atoms with Crippen molar-refractivity contribution in [1.82, 2.24) is 24.6 Å². The van der Waals surface area contributed by atoms with Gasteiger partial charge in [0, 0.05) is 79.5 Å². The number of imidazole rings is 1. The zero-order valence-electron chi connectivity index (χ0n) is 18.1. The van der Waals surface area contributed by atoms with Gasteiger partial charge in [-0.05, 0) is 55.4 Å². The molecule has 10 heteroatoms. The summed E-state index contributed by atoms with van der Waals surface area (Å²) in [5.74, 6) is 0.857. The van der Waals surface area contributed by atoms with Crippen LogP contribution in [0.15, 0.2) is 27.9 Å². The predicted octanol–water partition coefficient (Wildman–Crippen LogP) is 3.03. The van der Waals surface area contributed by atoms with Gasteiger partial charge in [0.2, 0.25) is 0 Å². The second kappa shape index (κ2) is 10.1. The van der Waals surface area contributed by atoms with Gasteiger partial charge < -0.3 is 14.6 Å². The minimum atomic E-state index is -0.1000. The molecule has 1 atom stereocenters. The number of rotatable bonds is 0. The number of halogens is 2. The van der Waals surface area contributed by atoms with Crippen LogP contribution in [0.3, 0.4) is 0 Å². The van der Waals surface area contributed by atoms with E-state index in [0.717, 1.165) is 45.7 Å². The van der Waals surface area contributed by atoms with Crippen LogP contribution >= 0.6 is 37.2 Å². The van der Waals surface area contributed by atoms with E-state index in [1.54, 1.807) is 0 Å². The van der Waals surface area contributed by atoms with Crippen LogP contribution in [0.1, 0.15) is 50.5 Å². The first-order chi connectivity index (χ1) is 14.0. The monoisotopic (exact) mass is 629 g/mol. The summed E-state index contributed by atoms with van der Waals surface area (Å²) < 4.78 is 2.30. The van der Waals surface area contributed by atoms with Gasteiger partial charge in [0.1, 0.15) is 7.85 Å². The molecule has 2 aromatic heterocycles. The molecule has 0 saturated heterocycles. The van der Waals surface area contributed by atoms with E-state index in [1.165, 1.54) is 17.0 Å². The Balaban J connectivity index is 0.000000197. The Morgan fingerprint density at radius 3 is 2.10 bits per heavy atom. The molecule has 0 aromatic carbocycles. The quantitative estimate of drug-likeness (QED) is 0.360. The van der Waals surface area contributed by atoms with Crippen molar-refractivity contribution in [2.45, 2.75) is 61.3 Å². The van der Waals surface area contributed by atoms with Crippen molar-refractivity contribution in [3.8, 4) is 0 Å². The van der Waals surface area contributed by atoms with Crippen LogP contribution in [0.4, 0.5) is 0 Å². The summed E-state index contributed by atoms with van der Waals surface area (Å²) in [4.78, 5) is 15.6. The van der Waals surface area contributed by atoms with Gasteiger partial charge in [0.05, 0.1) is 17.1 Å². The lowest BCUT2D eigenvalue weighted by molar-refractivity contribution is 0.439. The van der Waals surface area contributed by atoms with Crippen LogP contribution in [-0.4, -0.2) is 46.6 Å². The van der Waals surface area contributed by atoms with Crippen molar-refractivity contribution in [2.75, 3.05) is 0 Å². The van der Waals surface area contributed by atoms with Gasteiger partial charge >= 0.3 is 0 Å². The molecule has 0 fully saturated rings. The Bertz CT molecular complexity index is 1070. The van der Waals surface area contributed by atoms with Crippen molar-refractivity contribution < 1.29 is 0 Å². The third-order valence-corrected chi connectivity index (χ3v) is 5.11. The number of aliphatic imine (C=N–C) groups is 1. The van der Waals surface area contributed by atoms with Crippen LogP contribution < -0.4 is 10.9 Å². The molecule has 4 heterocycles. The zero-order chi connectivity index (χ0) is 22.9. The maximum Gasteiger partial charge on any atom is 0.155 e. The van der Waals surface area contributed by atoms with Gasteiger partial charge in [-0.1, -0.05) is 0 Å². The largest absolute Gasteiger partial charge is 0.358 e.